The van der Waals surface area contributed by atoms with Gasteiger partial charge in [0.05, 0.1) is 30.8 Å². The molecule has 1 aliphatic heterocycles. The van der Waals surface area contributed by atoms with Gasteiger partial charge in [-0.25, -0.2) is 9.67 Å². The number of benzene rings is 1. The maximum Gasteiger partial charge on any atom is 0.254 e. The smallest absolute Gasteiger partial charge is 0.254 e. The Morgan fingerprint density at radius 1 is 1.09 bits per heavy atom. The number of aryl methyl sites for hydroxylation is 1. The summed E-state index contributed by atoms with van der Waals surface area (Å²) in [5.41, 5.74) is 3.56. The molecule has 0 atom stereocenters. The van der Waals surface area contributed by atoms with Crippen LogP contribution in [0.4, 0.5) is 0 Å². The Hall–Kier alpha value is -3.23. The van der Waals surface area contributed by atoms with Crippen molar-refractivity contribution in [2.75, 3.05) is 33.3 Å². The molecule has 0 N–H and O–H groups in total. The molecule has 4 aromatic rings. The molecule has 0 saturated carbocycles. The first-order valence-electron chi connectivity index (χ1n) is 11.6. The summed E-state index contributed by atoms with van der Waals surface area (Å²) < 4.78 is 7.15. The van der Waals surface area contributed by atoms with Gasteiger partial charge in [0.25, 0.3) is 5.91 Å². The molecule has 1 saturated heterocycles. The van der Waals surface area contributed by atoms with Crippen LogP contribution in [0.15, 0.2) is 54.0 Å². The van der Waals surface area contributed by atoms with Crippen molar-refractivity contribution < 1.29 is 9.53 Å². The summed E-state index contributed by atoms with van der Waals surface area (Å²) in [6.45, 7) is 6.76. The van der Waals surface area contributed by atoms with Crippen LogP contribution in [0.2, 0.25) is 0 Å². The number of pyridine rings is 1. The third kappa shape index (κ3) is 4.83. The van der Waals surface area contributed by atoms with Crippen LogP contribution in [0.25, 0.3) is 11.0 Å². The van der Waals surface area contributed by atoms with Gasteiger partial charge < -0.3 is 9.64 Å². The van der Waals surface area contributed by atoms with Crippen LogP contribution < -0.4 is 4.74 Å². The third-order valence-electron chi connectivity index (χ3n) is 6.29. The van der Waals surface area contributed by atoms with E-state index in [0.717, 1.165) is 55.1 Å². The van der Waals surface area contributed by atoms with E-state index in [2.05, 4.69) is 33.6 Å². The molecule has 0 spiro atoms. The molecule has 0 radical (unpaired) electrons. The van der Waals surface area contributed by atoms with Gasteiger partial charge in [0.1, 0.15) is 5.75 Å². The Labute approximate surface area is 203 Å². The number of carbonyl (C=O) groups excluding carboxylic acids is 1. The molecule has 1 fully saturated rings. The molecule has 3 aromatic heterocycles. The van der Waals surface area contributed by atoms with Crippen LogP contribution in [0, 0.1) is 6.92 Å². The third-order valence-corrected chi connectivity index (χ3v) is 7.16. The zero-order chi connectivity index (χ0) is 23.5. The van der Waals surface area contributed by atoms with Crippen LogP contribution in [0.3, 0.4) is 0 Å². The number of methoxy groups -OCH3 is 1. The lowest BCUT2D eigenvalue weighted by atomic mass is 10.1. The maximum absolute atomic E-state index is 13.6. The van der Waals surface area contributed by atoms with Crippen LogP contribution in [0.5, 0.6) is 5.75 Å². The van der Waals surface area contributed by atoms with Crippen molar-refractivity contribution in [1.82, 2.24) is 24.6 Å². The molecule has 34 heavy (non-hydrogen) atoms. The quantitative estimate of drug-likeness (QED) is 0.418. The van der Waals surface area contributed by atoms with Crippen molar-refractivity contribution in [2.45, 2.75) is 26.4 Å². The van der Waals surface area contributed by atoms with Crippen molar-refractivity contribution >= 4 is 28.3 Å². The van der Waals surface area contributed by atoms with Gasteiger partial charge in [-0.05, 0) is 48.6 Å². The van der Waals surface area contributed by atoms with Gasteiger partial charge in [-0.15, -0.1) is 11.3 Å². The van der Waals surface area contributed by atoms with Crippen molar-refractivity contribution in [1.29, 1.82) is 0 Å². The number of amides is 1. The number of aromatic nitrogens is 3. The zero-order valence-corrected chi connectivity index (χ0v) is 20.4. The van der Waals surface area contributed by atoms with Crippen LogP contribution in [-0.2, 0) is 13.1 Å². The second-order valence-corrected chi connectivity index (χ2v) is 9.73. The highest BCUT2D eigenvalue weighted by molar-refractivity contribution is 7.09. The lowest BCUT2D eigenvalue weighted by molar-refractivity contribution is 0.0763. The molecule has 0 unspecified atom stereocenters. The second-order valence-electron chi connectivity index (χ2n) is 8.70. The largest absolute Gasteiger partial charge is 0.497 e. The first-order chi connectivity index (χ1) is 16.6. The summed E-state index contributed by atoms with van der Waals surface area (Å²) >= 11 is 1.70. The fraction of sp³-hybridized carbons (Fsp3) is 0.346. The van der Waals surface area contributed by atoms with Gasteiger partial charge in [0.2, 0.25) is 0 Å². The maximum atomic E-state index is 13.6. The average molecular weight is 476 g/mol. The highest BCUT2D eigenvalue weighted by atomic mass is 32.1. The van der Waals surface area contributed by atoms with E-state index in [0.29, 0.717) is 18.7 Å². The van der Waals surface area contributed by atoms with E-state index in [1.165, 1.54) is 10.4 Å². The number of carbonyl (C=O) groups is 1. The summed E-state index contributed by atoms with van der Waals surface area (Å²) in [5, 5.41) is 7.45. The molecule has 176 valence electrons. The van der Waals surface area contributed by atoms with Crippen molar-refractivity contribution in [3.05, 3.63) is 75.7 Å². The van der Waals surface area contributed by atoms with E-state index in [-0.39, 0.29) is 5.91 Å². The number of nitrogens with zero attached hydrogens (tertiary/aromatic N) is 5. The van der Waals surface area contributed by atoms with E-state index in [1.54, 1.807) is 24.6 Å². The van der Waals surface area contributed by atoms with Gasteiger partial charge in [-0.2, -0.15) is 5.10 Å². The SMILES string of the molecule is COc1ccc(CN2CCCN(C(=O)c3cc(C)nc4c3cnn4Cc3cccs3)CC2)cc1. The lowest BCUT2D eigenvalue weighted by Crippen LogP contribution is -2.35. The Balaban J connectivity index is 1.31. The van der Waals surface area contributed by atoms with E-state index in [4.69, 9.17) is 9.72 Å². The van der Waals surface area contributed by atoms with Gasteiger partial charge in [-0.1, -0.05) is 18.2 Å². The molecular formula is C26H29N5O2S. The number of hydrogen-bond acceptors (Lipinski definition) is 6. The van der Waals surface area contributed by atoms with Gasteiger partial charge in [-0.3, -0.25) is 9.69 Å². The molecule has 8 heteroatoms. The Kier molecular flexibility index (Phi) is 6.60. The Bertz CT molecular complexity index is 1270. The topological polar surface area (TPSA) is 63.5 Å². The summed E-state index contributed by atoms with van der Waals surface area (Å²) in [4.78, 5) is 23.9. The molecular weight excluding hydrogens is 446 g/mol. The lowest BCUT2D eigenvalue weighted by Gasteiger charge is -2.22. The minimum atomic E-state index is 0.0671. The van der Waals surface area contributed by atoms with Crippen LogP contribution >= 0.6 is 11.3 Å². The number of rotatable bonds is 6. The first kappa shape index (κ1) is 22.6. The van der Waals surface area contributed by atoms with Gasteiger partial charge in [0.15, 0.2) is 5.65 Å². The molecule has 1 aromatic carbocycles. The van der Waals surface area contributed by atoms with E-state index >= 15 is 0 Å². The second kappa shape index (κ2) is 9.95. The molecule has 1 amide bonds. The summed E-state index contributed by atoms with van der Waals surface area (Å²) in [5.74, 6) is 0.937. The predicted molar refractivity (Wildman–Crippen MR) is 134 cm³/mol. The number of thiophene rings is 1. The Morgan fingerprint density at radius 3 is 2.71 bits per heavy atom. The molecule has 4 heterocycles. The van der Waals surface area contributed by atoms with Gasteiger partial charge in [0, 0.05) is 43.3 Å². The van der Waals surface area contributed by atoms with E-state index in [9.17, 15) is 4.79 Å². The summed E-state index contributed by atoms with van der Waals surface area (Å²) in [6.07, 6.45) is 2.74. The van der Waals surface area contributed by atoms with E-state index < -0.39 is 0 Å². The Morgan fingerprint density at radius 2 is 1.94 bits per heavy atom. The fourth-order valence-corrected chi connectivity index (χ4v) is 5.19. The minimum Gasteiger partial charge on any atom is -0.497 e. The number of fused-ring (bicyclic) bond motifs is 1. The first-order valence-corrected chi connectivity index (χ1v) is 12.5. The monoisotopic (exact) mass is 475 g/mol. The fourth-order valence-electron chi connectivity index (χ4n) is 4.51. The van der Waals surface area contributed by atoms with Crippen LogP contribution in [-0.4, -0.2) is 63.8 Å². The molecule has 0 aliphatic carbocycles. The zero-order valence-electron chi connectivity index (χ0n) is 19.6. The minimum absolute atomic E-state index is 0.0671. The average Bonchev–Trinajstić information content (AvgIpc) is 3.44. The van der Waals surface area contributed by atoms with E-state index in [1.807, 2.05) is 40.8 Å². The van der Waals surface area contributed by atoms with Crippen molar-refractivity contribution in [3.8, 4) is 5.75 Å². The number of ether oxygens (including phenoxy) is 1. The van der Waals surface area contributed by atoms with Crippen molar-refractivity contribution in [3.63, 3.8) is 0 Å². The summed E-state index contributed by atoms with van der Waals surface area (Å²) in [6, 6.07) is 14.2. The molecule has 7 nitrogen and oxygen atoms in total. The number of hydrogen-bond donors (Lipinski definition) is 0. The molecule has 1 aliphatic rings. The molecule has 5 rings (SSSR count). The van der Waals surface area contributed by atoms with Crippen molar-refractivity contribution in [2.24, 2.45) is 0 Å². The molecule has 0 bridgehead atoms. The van der Waals surface area contributed by atoms with Crippen LogP contribution in [0.1, 0.15) is 32.9 Å². The predicted octanol–water partition coefficient (Wildman–Crippen LogP) is 4.21. The van der Waals surface area contributed by atoms with Gasteiger partial charge >= 0.3 is 0 Å². The highest BCUT2D eigenvalue weighted by Crippen LogP contribution is 2.23. The highest BCUT2D eigenvalue weighted by Gasteiger charge is 2.24. The summed E-state index contributed by atoms with van der Waals surface area (Å²) in [7, 11) is 1.68. The normalized spacial score (nSPS) is 14.9. The standard InChI is InChI=1S/C26H29N5O2S/c1-19-15-23(24-16-27-31(25(24)28-19)18-22-5-3-14-34-22)26(32)30-11-4-10-29(12-13-30)17-20-6-8-21(33-2)9-7-20/h3,5-9,14-16H,4,10-13,17-18H2,1-2H3.